The van der Waals surface area contributed by atoms with E-state index >= 15 is 0 Å². The third-order valence-electron chi connectivity index (χ3n) is 2.04. The lowest BCUT2D eigenvalue weighted by atomic mass is 10.1. The summed E-state index contributed by atoms with van der Waals surface area (Å²) < 4.78 is 13.0. The second kappa shape index (κ2) is 4.49. The average Bonchev–Trinajstić information content (AvgIpc) is 2.30. The zero-order chi connectivity index (χ0) is 10.7. The molecule has 0 spiro atoms. The van der Waals surface area contributed by atoms with E-state index in [-0.39, 0.29) is 0 Å². The number of rotatable bonds is 2. The Hall–Kier alpha value is -1.29. The second-order valence-electron chi connectivity index (χ2n) is 3.01. The van der Waals surface area contributed by atoms with E-state index in [2.05, 4.69) is 25.9 Å². The number of halogens is 2. The molecule has 0 unspecified atom stereocenters. The molecule has 0 fully saturated rings. The standard InChI is InChI=1S/C11H8BrFN2/c12-7-9-1-2-10(13)15-11(9)8-3-5-14-6-4-8/h1-6H,7H2. The Bertz CT molecular complexity index is 459. The highest BCUT2D eigenvalue weighted by atomic mass is 79.9. The number of pyridine rings is 2. The quantitative estimate of drug-likeness (QED) is 0.617. The zero-order valence-electron chi connectivity index (χ0n) is 7.82. The van der Waals surface area contributed by atoms with Gasteiger partial charge in [0.2, 0.25) is 5.95 Å². The fourth-order valence-corrected chi connectivity index (χ4v) is 1.78. The largest absolute Gasteiger partial charge is 0.265 e. The van der Waals surface area contributed by atoms with Crippen LogP contribution in [0.15, 0.2) is 36.7 Å². The van der Waals surface area contributed by atoms with E-state index in [4.69, 9.17) is 0 Å². The lowest BCUT2D eigenvalue weighted by Gasteiger charge is -2.05. The van der Waals surface area contributed by atoms with Crippen molar-refractivity contribution in [2.24, 2.45) is 0 Å². The van der Waals surface area contributed by atoms with Gasteiger partial charge in [0.15, 0.2) is 0 Å². The van der Waals surface area contributed by atoms with Gasteiger partial charge in [0.1, 0.15) is 0 Å². The fraction of sp³-hybridized carbons (Fsp3) is 0.0909. The van der Waals surface area contributed by atoms with Gasteiger partial charge in [-0.2, -0.15) is 4.39 Å². The van der Waals surface area contributed by atoms with Crippen molar-refractivity contribution < 1.29 is 4.39 Å². The molecule has 4 heteroatoms. The predicted octanol–water partition coefficient (Wildman–Crippen LogP) is 3.18. The molecule has 0 bridgehead atoms. The van der Waals surface area contributed by atoms with Gasteiger partial charge in [-0.05, 0) is 23.8 Å². The van der Waals surface area contributed by atoms with Gasteiger partial charge in [-0.25, -0.2) is 4.98 Å². The van der Waals surface area contributed by atoms with Crippen molar-refractivity contribution in [2.45, 2.75) is 5.33 Å². The monoisotopic (exact) mass is 266 g/mol. The maximum absolute atomic E-state index is 13.0. The lowest BCUT2D eigenvalue weighted by Crippen LogP contribution is -1.93. The van der Waals surface area contributed by atoms with Gasteiger partial charge < -0.3 is 0 Å². The molecule has 76 valence electrons. The minimum absolute atomic E-state index is 0.466. The van der Waals surface area contributed by atoms with Crippen LogP contribution in [0, 0.1) is 5.95 Å². The molecular weight excluding hydrogens is 259 g/mol. The first-order chi connectivity index (χ1) is 7.31. The summed E-state index contributed by atoms with van der Waals surface area (Å²) in [6.07, 6.45) is 3.33. The highest BCUT2D eigenvalue weighted by Gasteiger charge is 2.06. The van der Waals surface area contributed by atoms with E-state index < -0.39 is 5.95 Å². The first kappa shape index (κ1) is 10.2. The van der Waals surface area contributed by atoms with Crippen LogP contribution in [0.2, 0.25) is 0 Å². The summed E-state index contributed by atoms with van der Waals surface area (Å²) in [5, 5.41) is 0.651. The first-order valence-electron chi connectivity index (χ1n) is 4.43. The summed E-state index contributed by atoms with van der Waals surface area (Å²) in [4.78, 5) is 7.81. The Kier molecular flexibility index (Phi) is 3.06. The van der Waals surface area contributed by atoms with Crippen LogP contribution in [-0.4, -0.2) is 9.97 Å². The Morgan fingerprint density at radius 3 is 2.53 bits per heavy atom. The van der Waals surface area contributed by atoms with E-state index in [1.54, 1.807) is 18.5 Å². The highest BCUT2D eigenvalue weighted by molar-refractivity contribution is 9.08. The number of nitrogens with zero attached hydrogens (tertiary/aromatic N) is 2. The van der Waals surface area contributed by atoms with E-state index in [0.717, 1.165) is 11.1 Å². The molecule has 2 rings (SSSR count). The summed E-state index contributed by atoms with van der Waals surface area (Å²) >= 11 is 3.35. The molecule has 0 radical (unpaired) electrons. The maximum atomic E-state index is 13.0. The number of hydrogen-bond acceptors (Lipinski definition) is 2. The smallest absolute Gasteiger partial charge is 0.213 e. The molecule has 2 aromatic rings. The molecule has 0 amide bonds. The Balaban J connectivity index is 2.56. The van der Waals surface area contributed by atoms with Gasteiger partial charge in [-0.1, -0.05) is 22.0 Å². The number of aromatic nitrogens is 2. The van der Waals surface area contributed by atoms with Gasteiger partial charge in [0.25, 0.3) is 0 Å². The van der Waals surface area contributed by atoms with Crippen molar-refractivity contribution in [3.8, 4) is 11.3 Å². The minimum atomic E-state index is -0.466. The number of hydrogen-bond donors (Lipinski definition) is 0. The third kappa shape index (κ3) is 2.21. The summed E-state index contributed by atoms with van der Waals surface area (Å²) in [6.45, 7) is 0. The molecule has 0 saturated carbocycles. The maximum Gasteiger partial charge on any atom is 0.213 e. The summed E-state index contributed by atoms with van der Waals surface area (Å²) in [7, 11) is 0. The molecule has 0 N–H and O–H groups in total. The fourth-order valence-electron chi connectivity index (χ4n) is 1.33. The summed E-state index contributed by atoms with van der Waals surface area (Å²) in [6, 6.07) is 6.72. The van der Waals surface area contributed by atoms with Crippen LogP contribution in [0.1, 0.15) is 5.56 Å². The van der Waals surface area contributed by atoms with E-state index in [9.17, 15) is 4.39 Å². The van der Waals surface area contributed by atoms with Gasteiger partial charge in [0, 0.05) is 23.3 Å². The van der Waals surface area contributed by atoms with Crippen LogP contribution in [0.25, 0.3) is 11.3 Å². The van der Waals surface area contributed by atoms with Gasteiger partial charge >= 0.3 is 0 Å². The Labute approximate surface area is 95.3 Å². The topological polar surface area (TPSA) is 25.8 Å². The second-order valence-corrected chi connectivity index (χ2v) is 3.57. The van der Waals surface area contributed by atoms with Crippen molar-refractivity contribution in [1.82, 2.24) is 9.97 Å². The van der Waals surface area contributed by atoms with Gasteiger partial charge in [-0.3, -0.25) is 4.98 Å². The van der Waals surface area contributed by atoms with Crippen LogP contribution in [0.5, 0.6) is 0 Å². The molecule has 2 nitrogen and oxygen atoms in total. The van der Waals surface area contributed by atoms with Crippen LogP contribution >= 0.6 is 15.9 Å². The molecule has 2 aromatic heterocycles. The predicted molar refractivity (Wildman–Crippen MR) is 60.1 cm³/mol. The van der Waals surface area contributed by atoms with Crippen molar-refractivity contribution >= 4 is 15.9 Å². The van der Waals surface area contributed by atoms with Crippen LogP contribution in [0.4, 0.5) is 4.39 Å². The Morgan fingerprint density at radius 2 is 1.87 bits per heavy atom. The van der Waals surface area contributed by atoms with Gasteiger partial charge in [-0.15, -0.1) is 0 Å². The molecule has 0 aliphatic heterocycles. The molecule has 0 atom stereocenters. The summed E-state index contributed by atoms with van der Waals surface area (Å²) in [5.74, 6) is -0.466. The van der Waals surface area contributed by atoms with Crippen molar-refractivity contribution in [3.63, 3.8) is 0 Å². The van der Waals surface area contributed by atoms with E-state index in [0.29, 0.717) is 11.0 Å². The third-order valence-corrected chi connectivity index (χ3v) is 2.65. The number of alkyl halides is 1. The molecule has 0 aromatic carbocycles. The SMILES string of the molecule is Fc1ccc(CBr)c(-c2ccncc2)n1. The Morgan fingerprint density at radius 1 is 1.13 bits per heavy atom. The lowest BCUT2D eigenvalue weighted by molar-refractivity contribution is 0.584. The highest BCUT2D eigenvalue weighted by Crippen LogP contribution is 2.22. The van der Waals surface area contributed by atoms with Crippen molar-refractivity contribution in [1.29, 1.82) is 0 Å². The molecular formula is C11H8BrFN2. The van der Waals surface area contributed by atoms with E-state index in [1.165, 1.54) is 6.07 Å². The molecule has 15 heavy (non-hydrogen) atoms. The van der Waals surface area contributed by atoms with E-state index in [1.807, 2.05) is 12.1 Å². The minimum Gasteiger partial charge on any atom is -0.265 e. The summed E-state index contributed by atoms with van der Waals surface area (Å²) in [5.41, 5.74) is 2.50. The van der Waals surface area contributed by atoms with Crippen molar-refractivity contribution in [2.75, 3.05) is 0 Å². The molecule has 0 aliphatic rings. The average molecular weight is 267 g/mol. The van der Waals surface area contributed by atoms with Crippen LogP contribution in [-0.2, 0) is 5.33 Å². The van der Waals surface area contributed by atoms with Crippen molar-refractivity contribution in [3.05, 3.63) is 48.2 Å². The normalized spacial score (nSPS) is 10.3. The first-order valence-corrected chi connectivity index (χ1v) is 5.55. The molecule has 2 heterocycles. The molecule has 0 aliphatic carbocycles. The zero-order valence-corrected chi connectivity index (χ0v) is 9.41. The van der Waals surface area contributed by atoms with Crippen LogP contribution in [0.3, 0.4) is 0 Å². The molecule has 0 saturated heterocycles. The van der Waals surface area contributed by atoms with Crippen LogP contribution < -0.4 is 0 Å². The van der Waals surface area contributed by atoms with Gasteiger partial charge in [0.05, 0.1) is 5.69 Å².